The third-order valence-electron chi connectivity index (χ3n) is 5.08. The van der Waals surface area contributed by atoms with E-state index < -0.39 is 44.7 Å². The van der Waals surface area contributed by atoms with Gasteiger partial charge in [-0.1, -0.05) is 19.9 Å². The van der Waals surface area contributed by atoms with Crippen molar-refractivity contribution < 1.29 is 26.0 Å². The number of nitrogens with one attached hydrogen (secondary N) is 2. The molecule has 194 valence electrons. The molecule has 0 saturated heterocycles. The van der Waals surface area contributed by atoms with Crippen molar-refractivity contribution in [3.05, 3.63) is 71.1 Å². The Hall–Kier alpha value is -3.58. The normalized spacial score (nSPS) is 11.6. The summed E-state index contributed by atoms with van der Waals surface area (Å²) in [5.74, 6) is -3.34. The molecule has 0 aliphatic carbocycles. The highest BCUT2D eigenvalue weighted by Crippen LogP contribution is 2.39. The molecule has 4 aromatic rings. The molecule has 13 heteroatoms. The molecule has 0 fully saturated rings. The van der Waals surface area contributed by atoms with Crippen LogP contribution < -0.4 is 10.0 Å². The van der Waals surface area contributed by atoms with E-state index in [0.29, 0.717) is 21.8 Å². The number of hydrogen-bond donors (Lipinski definition) is 2. The van der Waals surface area contributed by atoms with Crippen LogP contribution in [0.15, 0.2) is 53.6 Å². The molecular weight excluding hydrogens is 530 g/mol. The molecule has 0 saturated carbocycles. The second kappa shape index (κ2) is 10.8. The average molecular weight is 552 g/mol. The summed E-state index contributed by atoms with van der Waals surface area (Å²) in [7, 11) is -4.80. The number of halogens is 4. The van der Waals surface area contributed by atoms with Crippen LogP contribution in [-0.2, 0) is 10.0 Å². The van der Waals surface area contributed by atoms with Gasteiger partial charge in [0, 0.05) is 24.2 Å². The minimum atomic E-state index is -4.80. The van der Waals surface area contributed by atoms with Gasteiger partial charge in [0.2, 0.25) is 5.95 Å². The van der Waals surface area contributed by atoms with Crippen molar-refractivity contribution in [2.24, 2.45) is 0 Å². The summed E-state index contributed by atoms with van der Waals surface area (Å²) in [6, 6.07) is 7.86. The lowest BCUT2D eigenvalue weighted by molar-refractivity contribution is 0.512. The zero-order chi connectivity index (χ0) is 26.7. The van der Waals surface area contributed by atoms with Gasteiger partial charge >= 0.3 is 0 Å². The van der Waals surface area contributed by atoms with E-state index in [1.807, 2.05) is 18.6 Å². The van der Waals surface area contributed by atoms with E-state index in [1.165, 1.54) is 29.7 Å². The first-order valence-electron chi connectivity index (χ1n) is 11.0. The maximum Gasteiger partial charge on any atom is 0.267 e. The standard InChI is InChI=1S/C24H21F4N5O2S2/c1-13(2)23-32-20(21(36-23)18-8-10-29-24(31-18)30-11-9-25)14-6-7-15(26)19(12-14)33-37(34,35)22-16(27)4-3-5-17(22)28/h3-8,10,12-13,33H,9,11H2,1-2H3,(H,29,30,31). The van der Waals surface area contributed by atoms with Crippen molar-refractivity contribution in [2.45, 2.75) is 24.7 Å². The SMILES string of the molecule is CC(C)c1nc(-c2ccc(F)c(NS(=O)(=O)c3c(F)cccc3F)c2)c(-c2ccnc(NCCF)n2)s1. The van der Waals surface area contributed by atoms with Crippen LogP contribution in [-0.4, -0.2) is 36.6 Å². The molecular formula is C24H21F4N5O2S2. The Morgan fingerprint density at radius 2 is 1.73 bits per heavy atom. The maximum atomic E-state index is 14.7. The number of alkyl halides is 1. The molecule has 37 heavy (non-hydrogen) atoms. The molecule has 0 amide bonds. The predicted molar refractivity (Wildman–Crippen MR) is 134 cm³/mol. The lowest BCUT2D eigenvalue weighted by Gasteiger charge is -2.12. The number of nitrogens with zero attached hydrogens (tertiary/aromatic N) is 3. The van der Waals surface area contributed by atoms with Crippen molar-refractivity contribution in [1.29, 1.82) is 0 Å². The first kappa shape index (κ1) is 26.5. The Balaban J connectivity index is 1.79. The largest absolute Gasteiger partial charge is 0.352 e. The van der Waals surface area contributed by atoms with Crippen LogP contribution in [0.3, 0.4) is 0 Å². The number of sulfonamides is 1. The molecule has 2 aromatic heterocycles. The van der Waals surface area contributed by atoms with Crippen molar-refractivity contribution >= 4 is 33.0 Å². The zero-order valence-corrected chi connectivity index (χ0v) is 21.2. The lowest BCUT2D eigenvalue weighted by Crippen LogP contribution is -2.17. The summed E-state index contributed by atoms with van der Waals surface area (Å²) in [6.45, 7) is 3.30. The van der Waals surface area contributed by atoms with Gasteiger partial charge < -0.3 is 5.32 Å². The molecule has 0 bridgehead atoms. The van der Waals surface area contributed by atoms with Crippen LogP contribution in [0.1, 0.15) is 24.8 Å². The number of benzene rings is 2. The quantitative estimate of drug-likeness (QED) is 0.248. The van der Waals surface area contributed by atoms with Crippen LogP contribution in [0.25, 0.3) is 21.8 Å². The van der Waals surface area contributed by atoms with E-state index in [9.17, 15) is 26.0 Å². The predicted octanol–water partition coefficient (Wildman–Crippen LogP) is 5.99. The summed E-state index contributed by atoms with van der Waals surface area (Å²) in [5, 5.41) is 3.50. The van der Waals surface area contributed by atoms with Crippen molar-refractivity contribution in [3.8, 4) is 21.8 Å². The molecule has 0 atom stereocenters. The monoisotopic (exact) mass is 551 g/mol. The van der Waals surface area contributed by atoms with Crippen molar-refractivity contribution in [1.82, 2.24) is 15.0 Å². The third kappa shape index (κ3) is 5.72. The van der Waals surface area contributed by atoms with Gasteiger partial charge in [-0.15, -0.1) is 11.3 Å². The van der Waals surface area contributed by atoms with Gasteiger partial charge in [-0.2, -0.15) is 0 Å². The summed E-state index contributed by atoms with van der Waals surface area (Å²) in [5.41, 5.74) is 0.679. The topological polar surface area (TPSA) is 96.9 Å². The van der Waals surface area contributed by atoms with Crippen LogP contribution in [0, 0.1) is 17.5 Å². The van der Waals surface area contributed by atoms with Gasteiger partial charge in [0.1, 0.15) is 24.1 Å². The summed E-state index contributed by atoms with van der Waals surface area (Å²) in [4.78, 5) is 12.5. The Bertz CT molecular complexity index is 1520. The minimum Gasteiger partial charge on any atom is -0.352 e. The lowest BCUT2D eigenvalue weighted by atomic mass is 10.1. The number of rotatable bonds is 9. The molecule has 7 nitrogen and oxygen atoms in total. The van der Waals surface area contributed by atoms with Gasteiger partial charge in [-0.25, -0.2) is 40.9 Å². The highest BCUT2D eigenvalue weighted by Gasteiger charge is 2.26. The van der Waals surface area contributed by atoms with E-state index in [2.05, 4.69) is 20.3 Å². The molecule has 2 N–H and O–H groups in total. The number of anilines is 2. The van der Waals surface area contributed by atoms with Crippen LogP contribution in [0.2, 0.25) is 0 Å². The van der Waals surface area contributed by atoms with Gasteiger partial charge in [-0.05, 0) is 36.4 Å². The first-order chi connectivity index (χ1) is 17.6. The van der Waals surface area contributed by atoms with E-state index in [0.717, 1.165) is 29.3 Å². The molecule has 2 aromatic carbocycles. The molecule has 0 aliphatic heterocycles. The molecule has 0 spiro atoms. The van der Waals surface area contributed by atoms with Gasteiger partial charge in [0.05, 0.1) is 27.0 Å². The minimum absolute atomic E-state index is 0.0281. The van der Waals surface area contributed by atoms with Gasteiger partial charge in [-0.3, -0.25) is 4.72 Å². The fourth-order valence-corrected chi connectivity index (χ4v) is 5.63. The van der Waals surface area contributed by atoms with Crippen molar-refractivity contribution in [3.63, 3.8) is 0 Å². The zero-order valence-electron chi connectivity index (χ0n) is 19.6. The molecule has 4 rings (SSSR count). The smallest absolute Gasteiger partial charge is 0.267 e. The highest BCUT2D eigenvalue weighted by atomic mass is 32.2. The Kier molecular flexibility index (Phi) is 7.73. The molecule has 2 heterocycles. The number of thiazole rings is 1. The van der Waals surface area contributed by atoms with Gasteiger partial charge in [0.15, 0.2) is 4.90 Å². The van der Waals surface area contributed by atoms with E-state index in [1.54, 1.807) is 6.07 Å². The molecule has 0 radical (unpaired) electrons. The Morgan fingerprint density at radius 3 is 2.41 bits per heavy atom. The maximum absolute atomic E-state index is 14.7. The number of hydrogen-bond acceptors (Lipinski definition) is 7. The molecule has 0 unspecified atom stereocenters. The summed E-state index contributed by atoms with van der Waals surface area (Å²) < 4.78 is 82.9. The van der Waals surface area contributed by atoms with Crippen LogP contribution in [0.4, 0.5) is 29.2 Å². The van der Waals surface area contributed by atoms with E-state index in [-0.39, 0.29) is 18.4 Å². The van der Waals surface area contributed by atoms with Crippen LogP contribution in [0.5, 0.6) is 0 Å². The molecule has 0 aliphatic rings. The second-order valence-electron chi connectivity index (χ2n) is 8.12. The van der Waals surface area contributed by atoms with Crippen molar-refractivity contribution in [2.75, 3.05) is 23.3 Å². The Labute approximate surface area is 214 Å². The second-order valence-corrected chi connectivity index (χ2v) is 10.8. The van der Waals surface area contributed by atoms with Gasteiger partial charge in [0.25, 0.3) is 10.0 Å². The average Bonchev–Trinajstić information content (AvgIpc) is 3.30. The highest BCUT2D eigenvalue weighted by molar-refractivity contribution is 7.92. The third-order valence-corrected chi connectivity index (χ3v) is 7.87. The van der Waals surface area contributed by atoms with Crippen LogP contribution >= 0.6 is 11.3 Å². The Morgan fingerprint density at radius 1 is 1.00 bits per heavy atom. The number of aromatic nitrogens is 3. The fourth-order valence-electron chi connectivity index (χ4n) is 3.37. The van der Waals surface area contributed by atoms with E-state index >= 15 is 0 Å². The summed E-state index contributed by atoms with van der Waals surface area (Å²) >= 11 is 1.34. The summed E-state index contributed by atoms with van der Waals surface area (Å²) in [6.07, 6.45) is 1.49. The first-order valence-corrected chi connectivity index (χ1v) is 13.3. The fraction of sp³-hybridized carbons (Fsp3) is 0.208. The van der Waals surface area contributed by atoms with E-state index in [4.69, 9.17) is 0 Å².